The summed E-state index contributed by atoms with van der Waals surface area (Å²) in [6, 6.07) is 3.74. The molecule has 2 aromatic heterocycles. The lowest BCUT2D eigenvalue weighted by Gasteiger charge is -2.19. The summed E-state index contributed by atoms with van der Waals surface area (Å²) in [7, 11) is 0. The maximum absolute atomic E-state index is 12.6. The van der Waals surface area contributed by atoms with Gasteiger partial charge in [-0.2, -0.15) is 5.10 Å². The van der Waals surface area contributed by atoms with E-state index in [1.807, 2.05) is 30.7 Å². The SMILES string of the molecule is CCn1nccc1[C@@H]1OCC[C@H]1C(=O)Nc1ccncc1C. The predicted octanol–water partition coefficient (Wildman–Crippen LogP) is 2.32. The van der Waals surface area contributed by atoms with Gasteiger partial charge in [0.15, 0.2) is 0 Å². The van der Waals surface area contributed by atoms with Gasteiger partial charge in [-0.25, -0.2) is 0 Å². The summed E-state index contributed by atoms with van der Waals surface area (Å²) < 4.78 is 7.69. The zero-order valence-electron chi connectivity index (χ0n) is 12.8. The van der Waals surface area contributed by atoms with Crippen molar-refractivity contribution in [1.29, 1.82) is 0 Å². The first-order valence-electron chi connectivity index (χ1n) is 7.55. The Bertz CT molecular complexity index is 668. The molecule has 0 unspecified atom stereocenters. The summed E-state index contributed by atoms with van der Waals surface area (Å²) >= 11 is 0. The molecule has 2 atom stereocenters. The molecule has 0 saturated carbocycles. The lowest BCUT2D eigenvalue weighted by atomic mass is 9.97. The summed E-state index contributed by atoms with van der Waals surface area (Å²) in [5, 5.41) is 7.26. The molecule has 2 aromatic rings. The van der Waals surface area contributed by atoms with E-state index in [9.17, 15) is 4.79 Å². The van der Waals surface area contributed by atoms with Gasteiger partial charge in [0.1, 0.15) is 6.10 Å². The number of amides is 1. The molecule has 0 bridgehead atoms. The second-order valence-corrected chi connectivity index (χ2v) is 5.44. The van der Waals surface area contributed by atoms with E-state index in [-0.39, 0.29) is 17.9 Å². The highest BCUT2D eigenvalue weighted by molar-refractivity contribution is 5.93. The normalized spacial score (nSPS) is 21.0. The number of ether oxygens (including phenoxy) is 1. The minimum atomic E-state index is -0.232. The largest absolute Gasteiger partial charge is 0.371 e. The fourth-order valence-electron chi connectivity index (χ4n) is 2.84. The van der Waals surface area contributed by atoms with Crippen molar-refractivity contribution in [1.82, 2.24) is 14.8 Å². The first-order chi connectivity index (χ1) is 10.7. The highest BCUT2D eigenvalue weighted by atomic mass is 16.5. The van der Waals surface area contributed by atoms with Gasteiger partial charge in [0, 0.05) is 37.4 Å². The Morgan fingerprint density at radius 3 is 3.09 bits per heavy atom. The van der Waals surface area contributed by atoms with Crippen molar-refractivity contribution in [3.05, 3.63) is 42.0 Å². The van der Waals surface area contributed by atoms with Gasteiger partial charge in [0.2, 0.25) is 5.91 Å². The number of aryl methyl sites for hydroxylation is 2. The molecule has 116 valence electrons. The van der Waals surface area contributed by atoms with Gasteiger partial charge in [-0.15, -0.1) is 0 Å². The van der Waals surface area contributed by atoms with Gasteiger partial charge in [-0.1, -0.05) is 0 Å². The molecule has 0 aliphatic carbocycles. The van der Waals surface area contributed by atoms with Crippen LogP contribution in [-0.4, -0.2) is 27.3 Å². The summed E-state index contributed by atoms with van der Waals surface area (Å²) in [5.74, 6) is -0.213. The zero-order valence-corrected chi connectivity index (χ0v) is 12.8. The molecule has 1 saturated heterocycles. The van der Waals surface area contributed by atoms with Crippen LogP contribution in [0, 0.1) is 12.8 Å². The van der Waals surface area contributed by atoms with Crippen molar-refractivity contribution in [3.63, 3.8) is 0 Å². The van der Waals surface area contributed by atoms with Gasteiger partial charge in [0.25, 0.3) is 0 Å². The van der Waals surface area contributed by atoms with Crippen LogP contribution in [0.25, 0.3) is 0 Å². The average Bonchev–Trinajstić information content (AvgIpc) is 3.17. The van der Waals surface area contributed by atoms with Crippen molar-refractivity contribution in [2.45, 2.75) is 32.9 Å². The van der Waals surface area contributed by atoms with Crippen LogP contribution >= 0.6 is 0 Å². The number of carbonyl (C=O) groups is 1. The van der Waals surface area contributed by atoms with Crippen LogP contribution in [0.5, 0.6) is 0 Å². The van der Waals surface area contributed by atoms with Crippen molar-refractivity contribution in [3.8, 4) is 0 Å². The summed E-state index contributed by atoms with van der Waals surface area (Å²) in [6.45, 7) is 5.31. The molecule has 1 aliphatic heterocycles. The van der Waals surface area contributed by atoms with Crippen LogP contribution in [0.15, 0.2) is 30.7 Å². The topological polar surface area (TPSA) is 69.0 Å². The van der Waals surface area contributed by atoms with Gasteiger partial charge in [-0.3, -0.25) is 14.5 Å². The Morgan fingerprint density at radius 1 is 1.45 bits per heavy atom. The van der Waals surface area contributed by atoms with Crippen LogP contribution in [0.2, 0.25) is 0 Å². The molecule has 3 rings (SSSR count). The summed E-state index contributed by atoms with van der Waals surface area (Å²) in [6.07, 6.45) is 5.66. The molecule has 0 spiro atoms. The molecule has 0 aromatic carbocycles. The molecule has 1 fully saturated rings. The van der Waals surface area contributed by atoms with E-state index in [0.717, 1.165) is 29.9 Å². The Hall–Kier alpha value is -2.21. The van der Waals surface area contributed by atoms with Crippen molar-refractivity contribution in [2.24, 2.45) is 5.92 Å². The Balaban J connectivity index is 1.78. The molecule has 1 aliphatic rings. The predicted molar refractivity (Wildman–Crippen MR) is 82.3 cm³/mol. The van der Waals surface area contributed by atoms with E-state index < -0.39 is 0 Å². The third kappa shape index (κ3) is 2.74. The van der Waals surface area contributed by atoms with Gasteiger partial charge >= 0.3 is 0 Å². The molecular formula is C16H20N4O2. The van der Waals surface area contributed by atoms with Gasteiger partial charge in [0.05, 0.1) is 11.6 Å². The average molecular weight is 300 g/mol. The third-order valence-corrected chi connectivity index (χ3v) is 4.05. The summed E-state index contributed by atoms with van der Waals surface area (Å²) in [4.78, 5) is 16.7. The molecule has 0 radical (unpaired) electrons. The van der Waals surface area contributed by atoms with E-state index in [1.165, 1.54) is 0 Å². The molecular weight excluding hydrogens is 280 g/mol. The number of hydrogen-bond acceptors (Lipinski definition) is 4. The minimum Gasteiger partial charge on any atom is -0.371 e. The van der Waals surface area contributed by atoms with Crippen molar-refractivity contribution >= 4 is 11.6 Å². The molecule has 6 heteroatoms. The van der Waals surface area contributed by atoms with E-state index in [0.29, 0.717) is 6.61 Å². The number of pyridine rings is 1. The lowest BCUT2D eigenvalue weighted by molar-refractivity contribution is -0.121. The maximum atomic E-state index is 12.6. The zero-order chi connectivity index (χ0) is 15.5. The van der Waals surface area contributed by atoms with Gasteiger partial charge < -0.3 is 10.1 Å². The first kappa shape index (κ1) is 14.7. The van der Waals surface area contributed by atoms with Crippen LogP contribution in [0.3, 0.4) is 0 Å². The van der Waals surface area contributed by atoms with Crippen LogP contribution in [0.1, 0.15) is 30.7 Å². The quantitative estimate of drug-likeness (QED) is 0.941. The molecule has 6 nitrogen and oxygen atoms in total. The molecule has 1 N–H and O–H groups in total. The first-order valence-corrected chi connectivity index (χ1v) is 7.55. The molecule has 22 heavy (non-hydrogen) atoms. The van der Waals surface area contributed by atoms with E-state index in [4.69, 9.17) is 4.74 Å². The Kier molecular flexibility index (Phi) is 4.20. The fraction of sp³-hybridized carbons (Fsp3) is 0.438. The Morgan fingerprint density at radius 2 is 2.32 bits per heavy atom. The number of rotatable bonds is 4. The highest BCUT2D eigenvalue weighted by Gasteiger charge is 2.37. The monoisotopic (exact) mass is 300 g/mol. The third-order valence-electron chi connectivity index (χ3n) is 4.05. The molecule has 1 amide bonds. The second-order valence-electron chi connectivity index (χ2n) is 5.44. The number of carbonyl (C=O) groups excluding carboxylic acids is 1. The second kappa shape index (κ2) is 6.27. The van der Waals surface area contributed by atoms with Gasteiger partial charge in [-0.05, 0) is 38.0 Å². The minimum absolute atomic E-state index is 0.0133. The Labute approximate surface area is 129 Å². The van der Waals surface area contributed by atoms with E-state index >= 15 is 0 Å². The highest BCUT2D eigenvalue weighted by Crippen LogP contribution is 2.35. The molecule has 3 heterocycles. The number of anilines is 1. The van der Waals surface area contributed by atoms with Crippen LogP contribution in [0.4, 0.5) is 5.69 Å². The maximum Gasteiger partial charge on any atom is 0.230 e. The number of nitrogens with one attached hydrogen (secondary N) is 1. The lowest BCUT2D eigenvalue weighted by Crippen LogP contribution is -2.27. The van der Waals surface area contributed by atoms with Crippen molar-refractivity contribution < 1.29 is 9.53 Å². The van der Waals surface area contributed by atoms with E-state index in [1.54, 1.807) is 18.6 Å². The fourth-order valence-corrected chi connectivity index (χ4v) is 2.84. The standard InChI is InChI=1S/C16H20N4O2/c1-3-20-14(5-8-18-20)15-12(6-9-22-15)16(21)19-13-4-7-17-10-11(13)2/h4-5,7-8,10,12,15H,3,6,9H2,1-2H3,(H,17,19,21)/t12-,15-/m1/s1. The number of aromatic nitrogens is 3. The number of hydrogen-bond donors (Lipinski definition) is 1. The van der Waals surface area contributed by atoms with Crippen molar-refractivity contribution in [2.75, 3.05) is 11.9 Å². The smallest absolute Gasteiger partial charge is 0.230 e. The van der Waals surface area contributed by atoms with Crippen LogP contribution in [-0.2, 0) is 16.1 Å². The van der Waals surface area contributed by atoms with E-state index in [2.05, 4.69) is 15.4 Å². The number of nitrogens with zero attached hydrogens (tertiary/aromatic N) is 3. The summed E-state index contributed by atoms with van der Waals surface area (Å²) in [5.41, 5.74) is 2.71. The van der Waals surface area contributed by atoms with Crippen LogP contribution < -0.4 is 5.32 Å².